The highest BCUT2D eigenvalue weighted by atomic mass is 19.1. The van der Waals surface area contributed by atoms with Crippen LogP contribution in [0.1, 0.15) is 18.1 Å². The first kappa shape index (κ1) is 19.5. The first-order chi connectivity index (χ1) is 13.7. The third-order valence-corrected chi connectivity index (χ3v) is 4.12. The van der Waals surface area contributed by atoms with E-state index in [1.807, 2.05) is 54.3 Å². The van der Waals surface area contributed by atoms with E-state index in [1.54, 1.807) is 0 Å². The van der Waals surface area contributed by atoms with Crippen LogP contribution in [0.4, 0.5) is 8.78 Å². The summed E-state index contributed by atoms with van der Waals surface area (Å²) in [7, 11) is 0. The molecule has 2 aromatic carbocycles. The molecular weight excluding hydrogens is 360 g/mol. The van der Waals surface area contributed by atoms with Crippen LogP contribution in [0.25, 0.3) is 5.69 Å². The summed E-state index contributed by atoms with van der Waals surface area (Å²) in [5, 5.41) is 10.7. The van der Waals surface area contributed by atoms with Gasteiger partial charge in [0.15, 0.2) is 5.96 Å². The maximum atomic E-state index is 13.7. The molecule has 0 bridgehead atoms. The topological polar surface area (TPSA) is 54.2 Å². The highest BCUT2D eigenvalue weighted by Crippen LogP contribution is 2.11. The molecule has 146 valence electrons. The minimum atomic E-state index is -0.472. The molecule has 0 aliphatic carbocycles. The SMILES string of the molecule is CCNC(=NCc1cc(F)ccc1F)NCCc1cnn(-c2ccccc2)c1. The van der Waals surface area contributed by atoms with Crippen LogP contribution in [-0.2, 0) is 13.0 Å². The molecule has 0 saturated carbocycles. The van der Waals surface area contributed by atoms with Gasteiger partial charge >= 0.3 is 0 Å². The second-order valence-electron chi connectivity index (χ2n) is 6.24. The Balaban J connectivity index is 1.56. The van der Waals surface area contributed by atoms with E-state index in [9.17, 15) is 8.78 Å². The van der Waals surface area contributed by atoms with Gasteiger partial charge < -0.3 is 10.6 Å². The lowest BCUT2D eigenvalue weighted by Crippen LogP contribution is -2.38. The summed E-state index contributed by atoms with van der Waals surface area (Å²) < 4.78 is 28.9. The van der Waals surface area contributed by atoms with Gasteiger partial charge in [0.05, 0.1) is 18.4 Å². The molecular formula is C21H23F2N5. The molecule has 0 radical (unpaired) electrons. The lowest BCUT2D eigenvalue weighted by molar-refractivity contribution is 0.585. The van der Waals surface area contributed by atoms with E-state index in [2.05, 4.69) is 20.7 Å². The predicted molar refractivity (Wildman–Crippen MR) is 106 cm³/mol. The van der Waals surface area contributed by atoms with Crippen LogP contribution in [0.3, 0.4) is 0 Å². The Bertz CT molecular complexity index is 922. The number of aromatic nitrogens is 2. The van der Waals surface area contributed by atoms with Crippen LogP contribution in [0.15, 0.2) is 65.9 Å². The maximum Gasteiger partial charge on any atom is 0.191 e. The van der Waals surface area contributed by atoms with Crippen molar-refractivity contribution in [2.75, 3.05) is 13.1 Å². The van der Waals surface area contributed by atoms with Crippen molar-refractivity contribution in [3.05, 3.63) is 83.7 Å². The fourth-order valence-corrected chi connectivity index (χ4v) is 2.71. The molecule has 0 unspecified atom stereocenters. The molecule has 0 aliphatic rings. The van der Waals surface area contributed by atoms with Crippen molar-refractivity contribution in [1.82, 2.24) is 20.4 Å². The Labute approximate surface area is 163 Å². The third-order valence-electron chi connectivity index (χ3n) is 4.12. The Morgan fingerprint density at radius 2 is 1.93 bits per heavy atom. The second kappa shape index (κ2) is 9.64. The van der Waals surface area contributed by atoms with Crippen molar-refractivity contribution in [3.63, 3.8) is 0 Å². The molecule has 0 amide bonds. The van der Waals surface area contributed by atoms with Gasteiger partial charge in [-0.25, -0.2) is 18.5 Å². The average molecular weight is 383 g/mol. The number of nitrogens with one attached hydrogen (secondary N) is 2. The van der Waals surface area contributed by atoms with Gasteiger partial charge in [-0.3, -0.25) is 0 Å². The van der Waals surface area contributed by atoms with Crippen LogP contribution in [-0.4, -0.2) is 28.8 Å². The molecule has 3 aromatic rings. The maximum absolute atomic E-state index is 13.7. The van der Waals surface area contributed by atoms with Crippen LogP contribution < -0.4 is 10.6 Å². The molecule has 1 aromatic heterocycles. The highest BCUT2D eigenvalue weighted by Gasteiger charge is 2.05. The van der Waals surface area contributed by atoms with E-state index in [1.165, 1.54) is 6.07 Å². The van der Waals surface area contributed by atoms with Crippen LogP contribution in [0.2, 0.25) is 0 Å². The van der Waals surface area contributed by atoms with Crippen molar-refractivity contribution in [3.8, 4) is 5.69 Å². The number of para-hydroxylation sites is 1. The highest BCUT2D eigenvalue weighted by molar-refractivity contribution is 5.79. The summed E-state index contributed by atoms with van der Waals surface area (Å²) >= 11 is 0. The van der Waals surface area contributed by atoms with E-state index >= 15 is 0 Å². The number of hydrogen-bond acceptors (Lipinski definition) is 2. The van der Waals surface area contributed by atoms with Crippen molar-refractivity contribution in [2.45, 2.75) is 19.9 Å². The number of guanidine groups is 1. The number of hydrogen-bond donors (Lipinski definition) is 2. The van der Waals surface area contributed by atoms with Gasteiger partial charge in [0.1, 0.15) is 11.6 Å². The summed E-state index contributed by atoms with van der Waals surface area (Å²) in [4.78, 5) is 4.34. The van der Waals surface area contributed by atoms with E-state index < -0.39 is 11.6 Å². The molecule has 1 heterocycles. The molecule has 0 atom stereocenters. The van der Waals surface area contributed by atoms with Crippen LogP contribution in [0, 0.1) is 11.6 Å². The largest absolute Gasteiger partial charge is 0.357 e. The fraction of sp³-hybridized carbons (Fsp3) is 0.238. The van der Waals surface area contributed by atoms with Gasteiger partial charge in [0.25, 0.3) is 0 Å². The molecule has 0 aliphatic heterocycles. The number of aliphatic imine (C=N–C) groups is 1. The quantitative estimate of drug-likeness (QED) is 0.485. The number of nitrogens with zero attached hydrogens (tertiary/aromatic N) is 3. The standard InChI is InChI=1S/C21H23F2N5/c1-2-24-21(26-14-17-12-18(22)8-9-20(17)23)25-11-10-16-13-27-28(15-16)19-6-4-3-5-7-19/h3-9,12-13,15H,2,10-11,14H2,1H3,(H2,24,25,26). The van der Waals surface area contributed by atoms with Crippen molar-refractivity contribution < 1.29 is 8.78 Å². The number of halogens is 2. The van der Waals surface area contributed by atoms with Crippen molar-refractivity contribution in [2.24, 2.45) is 4.99 Å². The Hall–Kier alpha value is -3.22. The summed E-state index contributed by atoms with van der Waals surface area (Å²) in [5.74, 6) is -0.379. The second-order valence-corrected chi connectivity index (χ2v) is 6.24. The molecule has 2 N–H and O–H groups in total. The van der Waals surface area contributed by atoms with E-state index in [-0.39, 0.29) is 12.1 Å². The molecule has 28 heavy (non-hydrogen) atoms. The van der Waals surface area contributed by atoms with E-state index in [0.717, 1.165) is 29.8 Å². The number of benzene rings is 2. The zero-order chi connectivity index (χ0) is 19.8. The first-order valence-electron chi connectivity index (χ1n) is 9.21. The van der Waals surface area contributed by atoms with Gasteiger partial charge in [-0.2, -0.15) is 5.10 Å². The lowest BCUT2D eigenvalue weighted by atomic mass is 10.2. The Morgan fingerprint density at radius 1 is 1.11 bits per heavy atom. The molecule has 0 fully saturated rings. The minimum Gasteiger partial charge on any atom is -0.357 e. The minimum absolute atomic E-state index is 0.0604. The normalized spacial score (nSPS) is 11.5. The Kier molecular flexibility index (Phi) is 6.73. The molecule has 0 saturated heterocycles. The average Bonchev–Trinajstić information content (AvgIpc) is 3.18. The van der Waals surface area contributed by atoms with Crippen LogP contribution >= 0.6 is 0 Å². The summed E-state index contributed by atoms with van der Waals surface area (Å²) in [6.07, 6.45) is 4.58. The number of rotatable bonds is 7. The first-order valence-corrected chi connectivity index (χ1v) is 9.21. The van der Waals surface area contributed by atoms with Gasteiger partial charge in [-0.1, -0.05) is 18.2 Å². The van der Waals surface area contributed by atoms with Crippen molar-refractivity contribution >= 4 is 5.96 Å². The zero-order valence-electron chi connectivity index (χ0n) is 15.7. The van der Waals surface area contributed by atoms with Gasteiger partial charge in [-0.15, -0.1) is 0 Å². The zero-order valence-corrected chi connectivity index (χ0v) is 15.7. The summed E-state index contributed by atoms with van der Waals surface area (Å²) in [6.45, 7) is 3.32. The van der Waals surface area contributed by atoms with Crippen LogP contribution in [0.5, 0.6) is 0 Å². The summed E-state index contributed by atoms with van der Waals surface area (Å²) in [6, 6.07) is 13.3. The van der Waals surface area contributed by atoms with Gasteiger partial charge in [-0.05, 0) is 49.2 Å². The fourth-order valence-electron chi connectivity index (χ4n) is 2.71. The molecule has 7 heteroatoms. The third kappa shape index (κ3) is 5.39. The monoisotopic (exact) mass is 383 g/mol. The smallest absolute Gasteiger partial charge is 0.191 e. The lowest BCUT2D eigenvalue weighted by Gasteiger charge is -2.11. The van der Waals surface area contributed by atoms with E-state index in [0.29, 0.717) is 19.0 Å². The molecule has 5 nitrogen and oxygen atoms in total. The van der Waals surface area contributed by atoms with Gasteiger partial charge in [0, 0.05) is 24.8 Å². The molecule has 0 spiro atoms. The molecule has 3 rings (SSSR count). The van der Waals surface area contributed by atoms with Crippen molar-refractivity contribution in [1.29, 1.82) is 0 Å². The Morgan fingerprint density at radius 3 is 2.71 bits per heavy atom. The predicted octanol–water partition coefficient (Wildman–Crippen LogP) is 3.45. The van der Waals surface area contributed by atoms with E-state index in [4.69, 9.17) is 0 Å². The van der Waals surface area contributed by atoms with Gasteiger partial charge in [0.2, 0.25) is 0 Å². The summed E-state index contributed by atoms with van der Waals surface area (Å²) in [5.41, 5.74) is 2.32.